The monoisotopic (exact) mass is 1020 g/mol. The highest BCUT2D eigenvalue weighted by Crippen LogP contribution is 2.49. The van der Waals surface area contributed by atoms with Crippen LogP contribution < -0.4 is 43.9 Å². The van der Waals surface area contributed by atoms with Gasteiger partial charge >= 0.3 is 17.9 Å². The number of quaternary nitrogens is 1. The Morgan fingerprint density at radius 3 is 2.11 bits per heavy atom. The molecule has 0 aromatic heterocycles. The molecule has 1 saturated carbocycles. The SMILES string of the molecule is COC(=O)CN1CCOCCN(CC(=O)OC)c2cc(OCC(=O)NCCCCCC(=O)OC3C(=O)CCC3=O)c(C3=C4C=CC([NH+](C)C)C=C4Oc4cc(N(C)C)ccc43)cc2OCCOc2cc(C)ccc21. The molecule has 0 radical (unpaired) electrons. The lowest BCUT2D eigenvalue weighted by molar-refractivity contribution is -0.871. The summed E-state index contributed by atoms with van der Waals surface area (Å²) in [5.41, 5.74) is 5.92. The van der Waals surface area contributed by atoms with Crippen LogP contribution in [0.5, 0.6) is 23.0 Å². The number of esters is 3. The number of amides is 1. The number of anilines is 3. The molecule has 3 aromatic carbocycles. The second-order valence-electron chi connectivity index (χ2n) is 18.8. The molecule has 1 atom stereocenters. The first-order valence-electron chi connectivity index (χ1n) is 25.0. The number of rotatable bonds is 17. The molecule has 7 rings (SSSR count). The Balaban J connectivity index is 1.23. The van der Waals surface area contributed by atoms with Crippen molar-refractivity contribution < 1.29 is 71.6 Å². The van der Waals surface area contributed by atoms with E-state index < -0.39 is 29.9 Å². The highest BCUT2D eigenvalue weighted by atomic mass is 16.6. The summed E-state index contributed by atoms with van der Waals surface area (Å²) in [7, 11) is 10.7. The number of ketones is 2. The van der Waals surface area contributed by atoms with Crippen molar-refractivity contribution in [1.82, 2.24) is 5.32 Å². The van der Waals surface area contributed by atoms with Crippen LogP contribution in [-0.4, -0.2) is 156 Å². The molecule has 74 heavy (non-hydrogen) atoms. The Morgan fingerprint density at radius 1 is 0.770 bits per heavy atom. The van der Waals surface area contributed by atoms with Gasteiger partial charge in [0.25, 0.3) is 5.91 Å². The van der Waals surface area contributed by atoms with Gasteiger partial charge in [0, 0.05) is 99.2 Å². The molecular formula is C55H68N5O14+. The third kappa shape index (κ3) is 13.8. The molecular weight excluding hydrogens is 955 g/mol. The van der Waals surface area contributed by atoms with Crippen LogP contribution in [0.15, 0.2) is 78.1 Å². The van der Waals surface area contributed by atoms with Crippen molar-refractivity contribution in [3.63, 3.8) is 0 Å². The predicted octanol–water partition coefficient (Wildman–Crippen LogP) is 3.57. The number of nitrogens with zero attached hydrogens (tertiary/aromatic N) is 3. The van der Waals surface area contributed by atoms with Crippen LogP contribution in [0.2, 0.25) is 0 Å². The summed E-state index contributed by atoms with van der Waals surface area (Å²) in [6.07, 6.45) is 6.75. The zero-order valence-electron chi connectivity index (χ0n) is 43.4. The number of hydrogen-bond donors (Lipinski definition) is 2. The molecule has 19 heteroatoms. The summed E-state index contributed by atoms with van der Waals surface area (Å²) in [6.45, 7) is 2.67. The van der Waals surface area contributed by atoms with Crippen LogP contribution >= 0.6 is 0 Å². The van der Waals surface area contributed by atoms with Gasteiger partial charge in [0.15, 0.2) is 18.2 Å². The molecule has 0 saturated heterocycles. The molecule has 4 aliphatic rings. The minimum absolute atomic E-state index is 0.0166. The maximum Gasteiger partial charge on any atom is 0.325 e. The summed E-state index contributed by atoms with van der Waals surface area (Å²) in [5, 5.41) is 2.91. The molecule has 2 N–H and O–H groups in total. The van der Waals surface area contributed by atoms with Crippen molar-refractivity contribution in [3.8, 4) is 23.0 Å². The van der Waals surface area contributed by atoms with Gasteiger partial charge in [-0.05, 0) is 67.8 Å². The molecule has 0 spiro atoms. The fraction of sp³-hybridized carbons (Fsp3) is 0.455. The standard InChI is InChI=1S/C55H67N5O14/c1-35-12-17-41-48(27-35)70-25-26-71-49-30-40(54-38-15-13-36(57(2)3)28-46(38)73-47-29-37(58(4)5)14-16-39(47)54)45(31-42(49)60(33-53(66)68-7)22-24-69-23-21-59(41)32-52(65)67-6)72-34-50(63)56-20-10-8-9-11-51(64)74-55-43(61)18-19-44(55)62/h12-17,27-31,36,55H,8-11,18-26,32-34H2,1-7H3,(H,56,63)/p+1. The van der Waals surface area contributed by atoms with E-state index in [-0.39, 0.29) is 89.5 Å². The molecule has 2 aliphatic carbocycles. The number of ether oxygens (including phenoxy) is 8. The number of hydrogen-bond acceptors (Lipinski definition) is 17. The van der Waals surface area contributed by atoms with Crippen molar-refractivity contribution in [2.24, 2.45) is 0 Å². The average molecular weight is 1020 g/mol. The zero-order valence-corrected chi connectivity index (χ0v) is 43.4. The lowest BCUT2D eigenvalue weighted by Gasteiger charge is -2.31. The summed E-state index contributed by atoms with van der Waals surface area (Å²) in [6, 6.07) is 15.4. The maximum atomic E-state index is 13.6. The van der Waals surface area contributed by atoms with Crippen molar-refractivity contribution in [1.29, 1.82) is 0 Å². The van der Waals surface area contributed by atoms with Crippen LogP contribution in [0.25, 0.3) is 5.57 Å². The molecule has 396 valence electrons. The fourth-order valence-corrected chi connectivity index (χ4v) is 8.87. The number of unbranched alkanes of at least 4 members (excludes halogenated alkanes) is 2. The number of carbonyl (C=O) groups is 6. The van der Waals surface area contributed by atoms with Gasteiger partial charge in [0.05, 0.1) is 52.9 Å². The molecule has 1 amide bonds. The number of allylic oxidation sites excluding steroid dienone is 1. The third-order valence-corrected chi connectivity index (χ3v) is 13.0. The van der Waals surface area contributed by atoms with Gasteiger partial charge in [-0.25, -0.2) is 0 Å². The number of methoxy groups -OCH3 is 2. The lowest BCUT2D eigenvalue weighted by Crippen LogP contribution is -3.09. The van der Waals surface area contributed by atoms with Crippen molar-refractivity contribution >= 4 is 58.0 Å². The van der Waals surface area contributed by atoms with E-state index in [4.69, 9.17) is 37.9 Å². The summed E-state index contributed by atoms with van der Waals surface area (Å²) in [4.78, 5) is 82.4. The largest absolute Gasteiger partial charge is 0.488 e. The third-order valence-electron chi connectivity index (χ3n) is 13.0. The number of Topliss-reactive ketones (excluding diaryl/α,β-unsaturated/α-hetero) is 2. The first-order chi connectivity index (χ1) is 35.6. The molecule has 3 aromatic rings. The van der Waals surface area contributed by atoms with E-state index in [1.165, 1.54) is 19.1 Å². The number of aryl methyl sites for hydroxylation is 1. The fourth-order valence-electron chi connectivity index (χ4n) is 8.87. The summed E-state index contributed by atoms with van der Waals surface area (Å²) < 4.78 is 47.9. The van der Waals surface area contributed by atoms with E-state index in [1.807, 2.05) is 79.4 Å². The molecule has 0 bridgehead atoms. The topological polar surface area (TPSA) is 202 Å². The first-order valence-corrected chi connectivity index (χ1v) is 25.0. The minimum atomic E-state index is -1.29. The number of nitrogens with one attached hydrogen (secondary N) is 2. The summed E-state index contributed by atoms with van der Waals surface area (Å²) in [5.74, 6) is -0.179. The Hall–Kier alpha value is -7.38. The zero-order chi connectivity index (χ0) is 52.9. The molecule has 2 heterocycles. The highest BCUT2D eigenvalue weighted by molar-refractivity contribution is 6.12. The highest BCUT2D eigenvalue weighted by Gasteiger charge is 2.36. The van der Waals surface area contributed by atoms with Crippen molar-refractivity contribution in [2.45, 2.75) is 57.6 Å². The predicted molar refractivity (Wildman–Crippen MR) is 275 cm³/mol. The van der Waals surface area contributed by atoms with E-state index in [2.05, 4.69) is 31.6 Å². The molecule has 1 fully saturated rings. The van der Waals surface area contributed by atoms with Gasteiger partial charge < -0.3 is 62.8 Å². The van der Waals surface area contributed by atoms with Crippen LogP contribution in [0.4, 0.5) is 17.1 Å². The summed E-state index contributed by atoms with van der Waals surface area (Å²) >= 11 is 0. The number of likely N-dealkylation sites (N-methyl/N-ethyl adjacent to an activating group) is 1. The Kier molecular flexibility index (Phi) is 18.8. The van der Waals surface area contributed by atoms with Crippen molar-refractivity contribution in [2.75, 3.05) is 123 Å². The lowest BCUT2D eigenvalue weighted by atomic mass is 9.86. The van der Waals surface area contributed by atoms with E-state index in [0.29, 0.717) is 78.0 Å². The molecule has 2 aliphatic heterocycles. The number of fused-ring (bicyclic) bond motifs is 4. The van der Waals surface area contributed by atoms with Crippen LogP contribution in [0, 0.1) is 6.92 Å². The first kappa shape index (κ1) is 54.4. The second kappa shape index (κ2) is 25.5. The van der Waals surface area contributed by atoms with E-state index in [1.54, 1.807) is 11.0 Å². The van der Waals surface area contributed by atoms with E-state index in [0.717, 1.165) is 28.0 Å². The minimum Gasteiger partial charge on any atom is -0.488 e. The molecule has 1 unspecified atom stereocenters. The maximum absolute atomic E-state index is 13.6. The number of benzene rings is 3. The van der Waals surface area contributed by atoms with Gasteiger partial charge in [-0.3, -0.25) is 28.8 Å². The van der Waals surface area contributed by atoms with Gasteiger partial charge in [-0.1, -0.05) is 12.5 Å². The van der Waals surface area contributed by atoms with Gasteiger partial charge in [0.1, 0.15) is 61.1 Å². The van der Waals surface area contributed by atoms with Crippen LogP contribution in [0.1, 0.15) is 55.2 Å². The smallest absolute Gasteiger partial charge is 0.325 e. The van der Waals surface area contributed by atoms with E-state index >= 15 is 0 Å². The van der Waals surface area contributed by atoms with Crippen molar-refractivity contribution in [3.05, 3.63) is 94.8 Å². The second-order valence-corrected chi connectivity index (χ2v) is 18.8. The quantitative estimate of drug-likeness (QED) is 0.0860. The molecule has 19 nitrogen and oxygen atoms in total. The Bertz CT molecular complexity index is 2660. The number of carbonyl (C=O) groups excluding carboxylic acids is 6. The van der Waals surface area contributed by atoms with Crippen LogP contribution in [0.3, 0.4) is 0 Å². The Labute approximate surface area is 431 Å². The van der Waals surface area contributed by atoms with Crippen LogP contribution in [-0.2, 0) is 47.7 Å². The average Bonchev–Trinajstić information content (AvgIpc) is 3.69. The van der Waals surface area contributed by atoms with Gasteiger partial charge in [-0.2, -0.15) is 0 Å². The van der Waals surface area contributed by atoms with Gasteiger partial charge in [0.2, 0.25) is 6.10 Å². The Morgan fingerprint density at radius 2 is 1.45 bits per heavy atom. The normalized spacial score (nSPS) is 17.0. The van der Waals surface area contributed by atoms with Gasteiger partial charge in [-0.15, -0.1) is 0 Å². The van der Waals surface area contributed by atoms with E-state index in [9.17, 15) is 28.8 Å².